The van der Waals surface area contributed by atoms with Crippen molar-refractivity contribution in [3.63, 3.8) is 0 Å². The Morgan fingerprint density at radius 1 is 1.23 bits per heavy atom. The molecule has 0 radical (unpaired) electrons. The minimum absolute atomic E-state index is 0.112. The number of hydrogen-bond acceptors (Lipinski definition) is 5. The van der Waals surface area contributed by atoms with Crippen LogP contribution in [0.2, 0.25) is 0 Å². The van der Waals surface area contributed by atoms with E-state index in [4.69, 9.17) is 4.52 Å². The highest BCUT2D eigenvalue weighted by Crippen LogP contribution is 2.37. The summed E-state index contributed by atoms with van der Waals surface area (Å²) in [6, 6.07) is 11.9. The van der Waals surface area contributed by atoms with Crippen LogP contribution in [-0.2, 0) is 12.8 Å². The molecule has 4 rings (SSSR count). The van der Waals surface area contributed by atoms with Crippen molar-refractivity contribution in [1.29, 1.82) is 0 Å². The van der Waals surface area contributed by atoms with Crippen LogP contribution in [0.4, 0.5) is 0 Å². The maximum absolute atomic E-state index is 12.6. The van der Waals surface area contributed by atoms with Crippen molar-refractivity contribution in [3.8, 4) is 11.4 Å². The topological polar surface area (TPSA) is 68.9 Å². The van der Waals surface area contributed by atoms with Gasteiger partial charge in [0.15, 0.2) is 5.78 Å². The quantitative estimate of drug-likeness (QED) is 0.644. The molecule has 2 heterocycles. The van der Waals surface area contributed by atoms with Crippen molar-refractivity contribution in [3.05, 3.63) is 64.8 Å². The maximum Gasteiger partial charge on any atom is 0.226 e. The molecule has 1 aliphatic carbocycles. The van der Waals surface area contributed by atoms with Gasteiger partial charge in [-0.3, -0.25) is 9.78 Å². The Labute approximate surface area is 152 Å². The zero-order valence-electron chi connectivity index (χ0n) is 15.0. The van der Waals surface area contributed by atoms with Crippen LogP contribution in [0.15, 0.2) is 40.9 Å². The van der Waals surface area contributed by atoms with Gasteiger partial charge in [-0.15, -0.1) is 0 Å². The largest absolute Gasteiger partial charge is 0.339 e. The predicted molar refractivity (Wildman–Crippen MR) is 98.1 cm³/mol. The van der Waals surface area contributed by atoms with E-state index in [2.05, 4.69) is 27.3 Å². The number of ketones is 1. The van der Waals surface area contributed by atoms with Crippen LogP contribution in [0.25, 0.3) is 11.4 Å². The summed E-state index contributed by atoms with van der Waals surface area (Å²) >= 11 is 0. The van der Waals surface area contributed by atoms with Crippen LogP contribution in [-0.4, -0.2) is 20.9 Å². The van der Waals surface area contributed by atoms with Gasteiger partial charge in [0.05, 0.1) is 0 Å². The molecule has 132 valence electrons. The van der Waals surface area contributed by atoms with Gasteiger partial charge in [0, 0.05) is 24.1 Å². The molecular formula is C21H21N3O2. The zero-order valence-corrected chi connectivity index (χ0v) is 15.0. The summed E-state index contributed by atoms with van der Waals surface area (Å²) < 4.78 is 5.21. The fourth-order valence-corrected chi connectivity index (χ4v) is 3.60. The number of Topliss-reactive ketones (excluding diaryl/α,β-unsaturated/α-hetero) is 1. The number of aryl methyl sites for hydroxylation is 3. The van der Waals surface area contributed by atoms with Gasteiger partial charge in [-0.25, -0.2) is 0 Å². The van der Waals surface area contributed by atoms with Crippen LogP contribution < -0.4 is 0 Å². The number of rotatable bonds is 5. The highest BCUT2D eigenvalue weighted by atomic mass is 16.5. The van der Waals surface area contributed by atoms with E-state index in [1.807, 2.05) is 32.0 Å². The Hall–Kier alpha value is -2.82. The fraction of sp³-hybridized carbons (Fsp3) is 0.333. The van der Waals surface area contributed by atoms with Crippen molar-refractivity contribution in [2.75, 3.05) is 0 Å². The summed E-state index contributed by atoms with van der Waals surface area (Å²) in [5, 5.41) is 4.05. The van der Waals surface area contributed by atoms with Crippen molar-refractivity contribution in [2.24, 2.45) is 0 Å². The summed E-state index contributed by atoms with van der Waals surface area (Å²) in [7, 11) is 0. The molecule has 1 atom stereocenters. The summed E-state index contributed by atoms with van der Waals surface area (Å²) in [6.45, 7) is 3.90. The molecule has 1 aliphatic rings. The first-order chi connectivity index (χ1) is 12.6. The van der Waals surface area contributed by atoms with E-state index in [-0.39, 0.29) is 11.7 Å². The van der Waals surface area contributed by atoms with Gasteiger partial charge in [0.2, 0.25) is 11.7 Å². The van der Waals surface area contributed by atoms with Gasteiger partial charge in [0.1, 0.15) is 5.69 Å². The second-order valence-electron chi connectivity index (χ2n) is 6.81. The first kappa shape index (κ1) is 16.6. The summed E-state index contributed by atoms with van der Waals surface area (Å²) in [5.74, 6) is 1.65. The molecule has 0 saturated carbocycles. The Morgan fingerprint density at radius 3 is 2.88 bits per heavy atom. The number of pyridine rings is 1. The minimum atomic E-state index is 0.112. The number of carbonyl (C=O) groups is 1. The number of fused-ring (bicyclic) bond motifs is 1. The Balaban J connectivity index is 1.53. The number of carbonyl (C=O) groups excluding carboxylic acids is 1. The monoisotopic (exact) mass is 347 g/mol. The lowest BCUT2D eigenvalue weighted by molar-refractivity contribution is 0.0968. The fourth-order valence-electron chi connectivity index (χ4n) is 3.60. The normalized spacial score (nSPS) is 15.8. The number of aromatic nitrogens is 3. The zero-order chi connectivity index (χ0) is 18.1. The standard InChI is InChI=1S/C21H21N3O2/c1-3-20-23-21(24-26-20)16-9-10-17-14(11-16)7-8-15(17)12-19(25)18-6-4-5-13(2)22-18/h4-6,9-11,15H,3,7-8,12H2,1-2H3/t15-/m0/s1. The second kappa shape index (κ2) is 6.83. The molecule has 0 saturated heterocycles. The number of hydrogen-bond donors (Lipinski definition) is 0. The van der Waals surface area contributed by atoms with Gasteiger partial charge in [-0.2, -0.15) is 4.98 Å². The van der Waals surface area contributed by atoms with Crippen LogP contribution in [0.1, 0.15) is 58.9 Å². The van der Waals surface area contributed by atoms with E-state index in [0.717, 1.165) is 30.5 Å². The molecule has 26 heavy (non-hydrogen) atoms. The number of nitrogens with zero attached hydrogens (tertiary/aromatic N) is 3. The molecule has 0 fully saturated rings. The highest BCUT2D eigenvalue weighted by Gasteiger charge is 2.26. The Kier molecular flexibility index (Phi) is 4.37. The molecule has 0 amide bonds. The first-order valence-electron chi connectivity index (χ1n) is 9.06. The van der Waals surface area contributed by atoms with E-state index in [1.165, 1.54) is 11.1 Å². The number of benzene rings is 1. The third kappa shape index (κ3) is 3.17. The van der Waals surface area contributed by atoms with Gasteiger partial charge >= 0.3 is 0 Å². The molecule has 2 aromatic heterocycles. The molecule has 0 spiro atoms. The third-order valence-electron chi connectivity index (χ3n) is 4.98. The lowest BCUT2D eigenvalue weighted by Gasteiger charge is -2.11. The van der Waals surface area contributed by atoms with Crippen LogP contribution in [0, 0.1) is 6.92 Å². The van der Waals surface area contributed by atoms with E-state index in [0.29, 0.717) is 23.8 Å². The van der Waals surface area contributed by atoms with Gasteiger partial charge in [-0.1, -0.05) is 30.3 Å². The van der Waals surface area contributed by atoms with Crippen LogP contribution in [0.5, 0.6) is 0 Å². The van der Waals surface area contributed by atoms with Crippen molar-refractivity contribution < 1.29 is 9.32 Å². The van der Waals surface area contributed by atoms with Gasteiger partial charge in [-0.05, 0) is 55.0 Å². The molecule has 3 aromatic rings. The summed E-state index contributed by atoms with van der Waals surface area (Å²) in [4.78, 5) is 21.4. The summed E-state index contributed by atoms with van der Waals surface area (Å²) in [5.41, 5.74) is 4.95. The van der Waals surface area contributed by atoms with E-state index in [9.17, 15) is 4.79 Å². The molecule has 0 aliphatic heterocycles. The summed E-state index contributed by atoms with van der Waals surface area (Å²) in [6.07, 6.45) is 3.20. The predicted octanol–water partition coefficient (Wildman–Crippen LogP) is 4.31. The smallest absolute Gasteiger partial charge is 0.226 e. The van der Waals surface area contributed by atoms with Crippen molar-refractivity contribution in [2.45, 2.75) is 45.4 Å². The SMILES string of the molecule is CCc1nc(-c2ccc3c(c2)CC[C@H]3CC(=O)c2cccc(C)n2)no1. The molecule has 1 aromatic carbocycles. The second-order valence-corrected chi connectivity index (χ2v) is 6.81. The third-order valence-corrected chi connectivity index (χ3v) is 4.98. The van der Waals surface area contributed by atoms with E-state index in [1.54, 1.807) is 6.07 Å². The highest BCUT2D eigenvalue weighted by molar-refractivity contribution is 5.94. The Morgan fingerprint density at radius 2 is 2.12 bits per heavy atom. The molecular weight excluding hydrogens is 326 g/mol. The molecule has 0 N–H and O–H groups in total. The Bertz CT molecular complexity index is 961. The lowest BCUT2D eigenvalue weighted by atomic mass is 9.93. The molecule has 0 unspecified atom stereocenters. The molecule has 5 heteroatoms. The van der Waals surface area contributed by atoms with Crippen molar-refractivity contribution in [1.82, 2.24) is 15.1 Å². The molecule has 5 nitrogen and oxygen atoms in total. The van der Waals surface area contributed by atoms with E-state index < -0.39 is 0 Å². The van der Waals surface area contributed by atoms with Gasteiger partial charge < -0.3 is 4.52 Å². The maximum atomic E-state index is 12.6. The first-order valence-corrected chi connectivity index (χ1v) is 9.06. The van der Waals surface area contributed by atoms with Gasteiger partial charge in [0.25, 0.3) is 0 Å². The van der Waals surface area contributed by atoms with Crippen LogP contribution >= 0.6 is 0 Å². The lowest BCUT2D eigenvalue weighted by Crippen LogP contribution is -2.07. The van der Waals surface area contributed by atoms with E-state index >= 15 is 0 Å². The van der Waals surface area contributed by atoms with Crippen molar-refractivity contribution >= 4 is 5.78 Å². The average Bonchev–Trinajstić information content (AvgIpc) is 3.28. The molecule has 0 bridgehead atoms. The van der Waals surface area contributed by atoms with Crippen LogP contribution in [0.3, 0.4) is 0 Å². The minimum Gasteiger partial charge on any atom is -0.339 e. The average molecular weight is 347 g/mol.